The first-order valence-electron chi connectivity index (χ1n) is 7.17. The molecule has 4 nitrogen and oxygen atoms in total. The topological polar surface area (TPSA) is 41.0 Å². The van der Waals surface area contributed by atoms with Gasteiger partial charge < -0.3 is 10.2 Å². The van der Waals surface area contributed by atoms with Crippen molar-refractivity contribution >= 4 is 5.69 Å². The van der Waals surface area contributed by atoms with Crippen LogP contribution in [0.3, 0.4) is 0 Å². The van der Waals surface area contributed by atoms with E-state index in [1.807, 2.05) is 36.9 Å². The number of nitrogens with one attached hydrogen (secondary N) is 1. The highest BCUT2D eigenvalue weighted by Crippen LogP contribution is 2.24. The summed E-state index contributed by atoms with van der Waals surface area (Å²) in [6, 6.07) is 6.76. The van der Waals surface area contributed by atoms with E-state index in [1.54, 1.807) is 0 Å². The molecule has 1 unspecified atom stereocenters. The maximum absolute atomic E-state index is 4.42. The predicted molar refractivity (Wildman–Crippen MR) is 81.8 cm³/mol. The molecule has 0 aliphatic carbocycles. The van der Waals surface area contributed by atoms with Gasteiger partial charge in [0.25, 0.3) is 0 Å². The maximum Gasteiger partial charge on any atom is 0.0561 e. The van der Waals surface area contributed by atoms with E-state index in [4.69, 9.17) is 0 Å². The Bertz CT molecular complexity index is 555. The first-order chi connectivity index (χ1) is 9.84. The third kappa shape index (κ3) is 2.80. The molecule has 1 aliphatic rings. The van der Waals surface area contributed by atoms with E-state index < -0.39 is 0 Å². The third-order valence-corrected chi connectivity index (χ3v) is 3.79. The van der Waals surface area contributed by atoms with Crippen molar-refractivity contribution in [2.75, 3.05) is 24.5 Å². The van der Waals surface area contributed by atoms with Gasteiger partial charge in [-0.2, -0.15) is 0 Å². The molecule has 4 heteroatoms. The van der Waals surface area contributed by atoms with Gasteiger partial charge >= 0.3 is 0 Å². The average Bonchev–Trinajstić information content (AvgIpc) is 2.73. The Balaban J connectivity index is 1.90. The number of rotatable bonds is 2. The average molecular weight is 268 g/mol. The van der Waals surface area contributed by atoms with Crippen molar-refractivity contribution < 1.29 is 0 Å². The fourth-order valence-corrected chi connectivity index (χ4v) is 2.69. The zero-order valence-corrected chi connectivity index (χ0v) is 11.8. The molecule has 0 bridgehead atoms. The fourth-order valence-electron chi connectivity index (χ4n) is 2.69. The Morgan fingerprint density at radius 1 is 1.15 bits per heavy atom. The van der Waals surface area contributed by atoms with Gasteiger partial charge in [-0.15, -0.1) is 0 Å². The minimum absolute atomic E-state index is 0.493. The molecule has 0 saturated carbocycles. The molecule has 0 spiro atoms. The number of anilines is 1. The lowest BCUT2D eigenvalue weighted by Gasteiger charge is -2.29. The van der Waals surface area contributed by atoms with Gasteiger partial charge in [0.1, 0.15) is 0 Å². The largest absolute Gasteiger partial charge is 0.366 e. The lowest BCUT2D eigenvalue weighted by Crippen LogP contribution is -2.37. The quantitative estimate of drug-likeness (QED) is 0.907. The van der Waals surface area contributed by atoms with Crippen molar-refractivity contribution in [1.82, 2.24) is 15.3 Å². The van der Waals surface area contributed by atoms with Gasteiger partial charge in [0.15, 0.2) is 0 Å². The number of hydrogen-bond acceptors (Lipinski definition) is 4. The van der Waals surface area contributed by atoms with E-state index in [1.165, 1.54) is 12.1 Å². The molecule has 1 atom stereocenters. The molecule has 1 saturated heterocycles. The van der Waals surface area contributed by atoms with Gasteiger partial charge in [0.2, 0.25) is 0 Å². The van der Waals surface area contributed by atoms with Gasteiger partial charge in [0.05, 0.1) is 11.9 Å². The second-order valence-corrected chi connectivity index (χ2v) is 5.27. The number of pyridine rings is 2. The van der Waals surface area contributed by atoms with Crippen LogP contribution in [0.25, 0.3) is 11.1 Å². The predicted octanol–water partition coefficient (Wildman–Crippen LogP) is 2.33. The van der Waals surface area contributed by atoms with Crippen LogP contribution >= 0.6 is 0 Å². The van der Waals surface area contributed by atoms with Gasteiger partial charge in [-0.1, -0.05) is 0 Å². The smallest absolute Gasteiger partial charge is 0.0561 e. The van der Waals surface area contributed by atoms with Crippen LogP contribution in [-0.4, -0.2) is 35.6 Å². The van der Waals surface area contributed by atoms with Gasteiger partial charge in [-0.05, 0) is 43.7 Å². The lowest BCUT2D eigenvalue weighted by molar-refractivity contribution is 0.629. The summed E-state index contributed by atoms with van der Waals surface area (Å²) in [5.41, 5.74) is 3.51. The first-order valence-corrected chi connectivity index (χ1v) is 7.17. The molecule has 0 radical (unpaired) electrons. The van der Waals surface area contributed by atoms with E-state index in [9.17, 15) is 0 Å². The normalized spacial score (nSPS) is 19.6. The molecule has 3 heterocycles. The van der Waals surface area contributed by atoms with Crippen LogP contribution in [-0.2, 0) is 0 Å². The van der Waals surface area contributed by atoms with E-state index in [-0.39, 0.29) is 0 Å². The zero-order valence-electron chi connectivity index (χ0n) is 11.8. The van der Waals surface area contributed by atoms with Crippen LogP contribution < -0.4 is 10.2 Å². The Morgan fingerprint density at radius 2 is 2.00 bits per heavy atom. The Hall–Kier alpha value is -1.94. The van der Waals surface area contributed by atoms with Crippen molar-refractivity contribution in [2.24, 2.45) is 0 Å². The number of aromatic nitrogens is 2. The highest BCUT2D eigenvalue weighted by molar-refractivity contribution is 5.66. The summed E-state index contributed by atoms with van der Waals surface area (Å²) in [5, 5.41) is 3.47. The summed E-state index contributed by atoms with van der Waals surface area (Å²) in [7, 11) is 0. The van der Waals surface area contributed by atoms with Gasteiger partial charge in [0, 0.05) is 43.3 Å². The molecule has 2 aromatic rings. The summed E-state index contributed by atoms with van der Waals surface area (Å²) >= 11 is 0. The summed E-state index contributed by atoms with van der Waals surface area (Å²) in [4.78, 5) is 10.9. The van der Waals surface area contributed by atoms with Gasteiger partial charge in [-0.3, -0.25) is 9.97 Å². The molecule has 20 heavy (non-hydrogen) atoms. The summed E-state index contributed by atoms with van der Waals surface area (Å²) in [5.74, 6) is 0. The molecule has 2 aromatic heterocycles. The van der Waals surface area contributed by atoms with Crippen LogP contribution in [0.4, 0.5) is 5.69 Å². The van der Waals surface area contributed by atoms with E-state index in [0.717, 1.165) is 30.8 Å². The minimum atomic E-state index is 0.493. The first kappa shape index (κ1) is 13.1. The molecule has 1 aliphatic heterocycles. The fraction of sp³-hybridized carbons (Fsp3) is 0.375. The second kappa shape index (κ2) is 6.01. The van der Waals surface area contributed by atoms with Crippen molar-refractivity contribution in [3.05, 3.63) is 43.0 Å². The molecule has 104 valence electrons. The Morgan fingerprint density at radius 3 is 2.85 bits per heavy atom. The standard InChI is InChI=1S/C16H20N4/c1-13-10-18-5-2-8-20(13)16-9-15(11-19-12-16)14-3-6-17-7-4-14/h3-4,6-7,9,11-13,18H,2,5,8,10H2,1H3. The summed E-state index contributed by atoms with van der Waals surface area (Å²) in [6.07, 6.45) is 8.69. The Kier molecular flexibility index (Phi) is 3.92. The van der Waals surface area contributed by atoms with Crippen molar-refractivity contribution in [2.45, 2.75) is 19.4 Å². The molecule has 0 aromatic carbocycles. The van der Waals surface area contributed by atoms with Gasteiger partial charge in [-0.25, -0.2) is 0 Å². The molecular formula is C16H20N4. The summed E-state index contributed by atoms with van der Waals surface area (Å²) in [6.45, 7) is 5.46. The van der Waals surface area contributed by atoms with Crippen molar-refractivity contribution in [3.8, 4) is 11.1 Å². The summed E-state index contributed by atoms with van der Waals surface area (Å²) < 4.78 is 0. The van der Waals surface area contributed by atoms with Crippen molar-refractivity contribution in [1.29, 1.82) is 0 Å². The molecule has 0 amide bonds. The molecule has 3 rings (SSSR count). The highest BCUT2D eigenvalue weighted by atomic mass is 15.2. The van der Waals surface area contributed by atoms with E-state index in [0.29, 0.717) is 6.04 Å². The molecule has 1 N–H and O–H groups in total. The van der Waals surface area contributed by atoms with Crippen LogP contribution in [0.1, 0.15) is 13.3 Å². The number of nitrogens with zero attached hydrogens (tertiary/aromatic N) is 3. The van der Waals surface area contributed by atoms with Crippen LogP contribution in [0.5, 0.6) is 0 Å². The second-order valence-electron chi connectivity index (χ2n) is 5.27. The maximum atomic E-state index is 4.42. The number of hydrogen-bond donors (Lipinski definition) is 1. The molecule has 1 fully saturated rings. The zero-order chi connectivity index (χ0) is 13.8. The highest BCUT2D eigenvalue weighted by Gasteiger charge is 2.17. The van der Waals surface area contributed by atoms with Crippen molar-refractivity contribution in [3.63, 3.8) is 0 Å². The Labute approximate surface area is 119 Å². The molecular weight excluding hydrogens is 248 g/mol. The van der Waals surface area contributed by atoms with Crippen LogP contribution in [0, 0.1) is 0 Å². The van der Waals surface area contributed by atoms with Crippen LogP contribution in [0.15, 0.2) is 43.0 Å². The van der Waals surface area contributed by atoms with E-state index in [2.05, 4.69) is 33.2 Å². The lowest BCUT2D eigenvalue weighted by atomic mass is 10.1. The third-order valence-electron chi connectivity index (χ3n) is 3.79. The SMILES string of the molecule is CC1CNCCCN1c1cncc(-c2ccncc2)c1. The van der Waals surface area contributed by atoms with Crippen LogP contribution in [0.2, 0.25) is 0 Å². The monoisotopic (exact) mass is 268 g/mol. The van der Waals surface area contributed by atoms with E-state index >= 15 is 0 Å². The minimum Gasteiger partial charge on any atom is -0.366 e.